The van der Waals surface area contributed by atoms with E-state index in [4.69, 9.17) is 9.47 Å². The van der Waals surface area contributed by atoms with E-state index in [1.807, 2.05) is 18.7 Å². The van der Waals surface area contributed by atoms with Gasteiger partial charge in [-0.15, -0.1) is 0 Å². The van der Waals surface area contributed by atoms with Crippen LogP contribution in [0.1, 0.15) is 20.3 Å². The molecule has 3 atom stereocenters. The van der Waals surface area contributed by atoms with Gasteiger partial charge in [-0.3, -0.25) is 9.69 Å². The number of aliphatic hydroxyl groups is 1. The van der Waals surface area contributed by atoms with Crippen LogP contribution in [0, 0.1) is 5.92 Å². The van der Waals surface area contributed by atoms with Crippen molar-refractivity contribution in [3.8, 4) is 0 Å². The van der Waals surface area contributed by atoms with Gasteiger partial charge < -0.3 is 19.9 Å². The van der Waals surface area contributed by atoms with Gasteiger partial charge in [0, 0.05) is 6.54 Å². The zero-order valence-corrected chi connectivity index (χ0v) is 13.0. The van der Waals surface area contributed by atoms with Crippen molar-refractivity contribution < 1.29 is 24.2 Å². The molecule has 7 heteroatoms. The number of esters is 1. The molecule has 0 aromatic carbocycles. The van der Waals surface area contributed by atoms with E-state index in [-0.39, 0.29) is 31.0 Å². The second-order valence-corrected chi connectivity index (χ2v) is 5.34. The normalized spacial score (nSPS) is 22.4. The average molecular weight is 302 g/mol. The predicted octanol–water partition coefficient (Wildman–Crippen LogP) is -0.617. The molecule has 1 rings (SSSR count). The topological polar surface area (TPSA) is 88.1 Å². The molecular formula is C14H26N2O5. The van der Waals surface area contributed by atoms with Crippen molar-refractivity contribution in [1.82, 2.24) is 10.2 Å². The number of aliphatic hydroxyl groups excluding tert-OH is 1. The molecule has 1 aliphatic rings. The molecule has 0 bridgehead atoms. The van der Waals surface area contributed by atoms with Crippen molar-refractivity contribution in [2.24, 2.45) is 5.92 Å². The Morgan fingerprint density at radius 1 is 1.52 bits per heavy atom. The van der Waals surface area contributed by atoms with Crippen molar-refractivity contribution in [3.63, 3.8) is 0 Å². The van der Waals surface area contributed by atoms with Crippen LogP contribution in [0.2, 0.25) is 0 Å². The molecule has 1 saturated heterocycles. The first-order valence-corrected chi connectivity index (χ1v) is 7.33. The minimum Gasteiger partial charge on any atom is -0.467 e. The molecule has 7 nitrogen and oxygen atoms in total. The molecular weight excluding hydrogens is 276 g/mol. The van der Waals surface area contributed by atoms with Gasteiger partial charge in [-0.05, 0) is 5.92 Å². The first kappa shape index (κ1) is 17.9. The quantitative estimate of drug-likeness (QED) is 0.610. The van der Waals surface area contributed by atoms with E-state index in [0.29, 0.717) is 19.8 Å². The number of hydrogen-bond acceptors (Lipinski definition) is 6. The van der Waals surface area contributed by atoms with E-state index in [0.717, 1.165) is 6.42 Å². The Hall–Kier alpha value is -1.18. The van der Waals surface area contributed by atoms with Crippen molar-refractivity contribution in [1.29, 1.82) is 0 Å². The van der Waals surface area contributed by atoms with E-state index in [1.54, 1.807) is 0 Å². The zero-order chi connectivity index (χ0) is 15.8. The number of rotatable bonds is 7. The minimum absolute atomic E-state index is 0.000252. The molecule has 122 valence electrons. The van der Waals surface area contributed by atoms with Crippen LogP contribution in [0.4, 0.5) is 0 Å². The third-order valence-corrected chi connectivity index (χ3v) is 3.89. The van der Waals surface area contributed by atoms with Gasteiger partial charge >= 0.3 is 5.97 Å². The van der Waals surface area contributed by atoms with E-state index >= 15 is 0 Å². The Kier molecular flexibility index (Phi) is 7.63. The van der Waals surface area contributed by atoms with Crippen LogP contribution in [-0.2, 0) is 19.1 Å². The molecule has 3 unspecified atom stereocenters. The standard InChI is InChI=1S/C14H26N2O5/c1-4-10(2)13(14(19)20-3)15-12(18)7-16-5-6-21-9-11(16)8-17/h10-11,13,17H,4-9H2,1-3H3,(H,15,18). The molecule has 1 fully saturated rings. The maximum atomic E-state index is 12.1. The van der Waals surface area contributed by atoms with Gasteiger partial charge in [-0.2, -0.15) is 0 Å². The van der Waals surface area contributed by atoms with E-state index in [9.17, 15) is 14.7 Å². The number of nitrogens with one attached hydrogen (secondary N) is 1. The number of carbonyl (C=O) groups excluding carboxylic acids is 2. The Morgan fingerprint density at radius 2 is 2.24 bits per heavy atom. The monoisotopic (exact) mass is 302 g/mol. The van der Waals surface area contributed by atoms with Gasteiger partial charge in [-0.1, -0.05) is 20.3 Å². The number of carbonyl (C=O) groups is 2. The second kappa shape index (κ2) is 8.96. The van der Waals surface area contributed by atoms with Gasteiger partial charge in [0.2, 0.25) is 5.91 Å². The highest BCUT2D eigenvalue weighted by Crippen LogP contribution is 2.10. The first-order valence-electron chi connectivity index (χ1n) is 7.33. The minimum atomic E-state index is -0.638. The van der Waals surface area contributed by atoms with Gasteiger partial charge in [0.1, 0.15) is 6.04 Å². The largest absolute Gasteiger partial charge is 0.467 e. The van der Waals surface area contributed by atoms with Gasteiger partial charge in [0.25, 0.3) is 0 Å². The molecule has 1 aliphatic heterocycles. The molecule has 1 amide bonds. The molecule has 0 radical (unpaired) electrons. The summed E-state index contributed by atoms with van der Waals surface area (Å²) >= 11 is 0. The Balaban J connectivity index is 2.58. The lowest BCUT2D eigenvalue weighted by Gasteiger charge is -2.34. The van der Waals surface area contributed by atoms with Crippen LogP contribution >= 0.6 is 0 Å². The highest BCUT2D eigenvalue weighted by Gasteiger charge is 2.29. The fourth-order valence-corrected chi connectivity index (χ4v) is 2.27. The van der Waals surface area contributed by atoms with Crippen molar-refractivity contribution in [2.45, 2.75) is 32.4 Å². The lowest BCUT2D eigenvalue weighted by molar-refractivity contribution is -0.147. The van der Waals surface area contributed by atoms with Crippen molar-refractivity contribution in [2.75, 3.05) is 40.0 Å². The second-order valence-electron chi connectivity index (χ2n) is 5.34. The van der Waals surface area contributed by atoms with Crippen LogP contribution in [-0.4, -0.2) is 74.0 Å². The molecule has 0 aromatic heterocycles. The third kappa shape index (κ3) is 5.26. The van der Waals surface area contributed by atoms with Crippen LogP contribution in [0.15, 0.2) is 0 Å². The summed E-state index contributed by atoms with van der Waals surface area (Å²) in [6.45, 7) is 5.47. The van der Waals surface area contributed by atoms with E-state index in [1.165, 1.54) is 7.11 Å². The number of morpholine rings is 1. The lowest BCUT2D eigenvalue weighted by atomic mass is 9.99. The third-order valence-electron chi connectivity index (χ3n) is 3.89. The van der Waals surface area contributed by atoms with Crippen LogP contribution < -0.4 is 5.32 Å². The fraction of sp³-hybridized carbons (Fsp3) is 0.857. The van der Waals surface area contributed by atoms with Gasteiger partial charge in [-0.25, -0.2) is 4.79 Å². The van der Waals surface area contributed by atoms with E-state index in [2.05, 4.69) is 5.32 Å². The molecule has 0 aliphatic carbocycles. The molecule has 1 heterocycles. The maximum Gasteiger partial charge on any atom is 0.328 e. The number of hydrogen-bond donors (Lipinski definition) is 2. The molecule has 0 spiro atoms. The van der Waals surface area contributed by atoms with Crippen molar-refractivity contribution >= 4 is 11.9 Å². The summed E-state index contributed by atoms with van der Waals surface area (Å²) in [6.07, 6.45) is 0.761. The molecule has 0 aromatic rings. The van der Waals surface area contributed by atoms with Gasteiger partial charge in [0.15, 0.2) is 0 Å². The van der Waals surface area contributed by atoms with Crippen LogP contribution in [0.25, 0.3) is 0 Å². The van der Waals surface area contributed by atoms with Crippen LogP contribution in [0.5, 0.6) is 0 Å². The number of nitrogens with zero attached hydrogens (tertiary/aromatic N) is 1. The number of methoxy groups -OCH3 is 1. The van der Waals surface area contributed by atoms with Crippen molar-refractivity contribution in [3.05, 3.63) is 0 Å². The Labute approximate surface area is 125 Å². The highest BCUT2D eigenvalue weighted by atomic mass is 16.5. The summed E-state index contributed by atoms with van der Waals surface area (Å²) < 4.78 is 10.0. The van der Waals surface area contributed by atoms with Gasteiger partial charge in [0.05, 0.1) is 39.5 Å². The molecule has 0 saturated carbocycles. The maximum absolute atomic E-state index is 12.1. The highest BCUT2D eigenvalue weighted by molar-refractivity contribution is 5.85. The predicted molar refractivity (Wildman–Crippen MR) is 76.7 cm³/mol. The first-order chi connectivity index (χ1) is 10.0. The summed E-state index contributed by atoms with van der Waals surface area (Å²) in [5.74, 6) is -0.677. The fourth-order valence-electron chi connectivity index (χ4n) is 2.27. The average Bonchev–Trinajstić information content (AvgIpc) is 2.51. The smallest absolute Gasteiger partial charge is 0.328 e. The Bertz CT molecular complexity index is 350. The van der Waals surface area contributed by atoms with Crippen LogP contribution in [0.3, 0.4) is 0 Å². The number of amides is 1. The number of ether oxygens (including phenoxy) is 2. The molecule has 21 heavy (non-hydrogen) atoms. The summed E-state index contributed by atoms with van der Waals surface area (Å²) in [7, 11) is 1.31. The Morgan fingerprint density at radius 3 is 2.81 bits per heavy atom. The summed E-state index contributed by atoms with van der Waals surface area (Å²) in [6, 6.07) is -0.814. The summed E-state index contributed by atoms with van der Waals surface area (Å²) in [5, 5.41) is 12.0. The summed E-state index contributed by atoms with van der Waals surface area (Å²) in [5.41, 5.74) is 0. The lowest BCUT2D eigenvalue weighted by Crippen LogP contribution is -2.54. The SMILES string of the molecule is CCC(C)C(NC(=O)CN1CCOCC1CO)C(=O)OC. The summed E-state index contributed by atoms with van der Waals surface area (Å²) in [4.78, 5) is 25.8. The molecule has 2 N–H and O–H groups in total. The van der Waals surface area contributed by atoms with E-state index < -0.39 is 12.0 Å². The zero-order valence-electron chi connectivity index (χ0n) is 13.0.